The first-order chi connectivity index (χ1) is 14.2. The van der Waals surface area contributed by atoms with Crippen molar-refractivity contribution in [3.63, 3.8) is 0 Å². The topological polar surface area (TPSA) is 82.0 Å². The fourth-order valence-electron chi connectivity index (χ4n) is 3.47. The van der Waals surface area contributed by atoms with Gasteiger partial charge >= 0.3 is 0 Å². The van der Waals surface area contributed by atoms with E-state index in [0.717, 1.165) is 56.2 Å². The first-order valence-electron chi connectivity index (χ1n) is 10.2. The molecule has 0 spiro atoms. The lowest BCUT2D eigenvalue weighted by Crippen LogP contribution is -2.48. The molecule has 2 aromatic rings. The molecule has 2 heterocycles. The first-order valence-corrected chi connectivity index (χ1v) is 10.2. The summed E-state index contributed by atoms with van der Waals surface area (Å²) in [6, 6.07) is 11.9. The molecular weight excluding hydrogens is 493 g/mol. The number of hydrogen-bond acceptors (Lipinski definition) is 5. The summed E-state index contributed by atoms with van der Waals surface area (Å²) in [5.74, 6) is 1.42. The summed E-state index contributed by atoms with van der Waals surface area (Å²) in [7, 11) is 1.54. The van der Waals surface area contributed by atoms with Gasteiger partial charge in [0.15, 0.2) is 17.5 Å². The van der Waals surface area contributed by atoms with Crippen molar-refractivity contribution in [1.82, 2.24) is 20.5 Å². The predicted octanol–water partition coefficient (Wildman–Crippen LogP) is 3.13. The summed E-state index contributed by atoms with van der Waals surface area (Å²) in [6.07, 6.45) is 3.99. The Labute approximate surface area is 196 Å². The molecule has 3 rings (SSSR count). The Morgan fingerprint density at radius 3 is 2.70 bits per heavy atom. The largest absolute Gasteiger partial charge is 0.504 e. The van der Waals surface area contributed by atoms with Crippen molar-refractivity contribution in [3.8, 4) is 11.5 Å². The van der Waals surface area contributed by atoms with Crippen LogP contribution in [0.2, 0.25) is 0 Å². The summed E-state index contributed by atoms with van der Waals surface area (Å²) < 4.78 is 5.09. The Bertz CT molecular complexity index is 795. The number of hydrogen-bond donors (Lipinski definition) is 3. The van der Waals surface area contributed by atoms with Gasteiger partial charge in [-0.3, -0.25) is 9.88 Å². The van der Waals surface area contributed by atoms with Crippen molar-refractivity contribution < 1.29 is 9.84 Å². The van der Waals surface area contributed by atoms with Gasteiger partial charge in [-0.05, 0) is 49.6 Å². The Hall–Kier alpha value is -2.07. The predicted molar refractivity (Wildman–Crippen MR) is 131 cm³/mol. The molecule has 0 radical (unpaired) electrons. The molecule has 0 bridgehead atoms. The number of halogens is 1. The molecule has 0 atom stereocenters. The second kappa shape index (κ2) is 12.6. The third kappa shape index (κ3) is 7.32. The number of rotatable bonds is 7. The van der Waals surface area contributed by atoms with Crippen molar-refractivity contribution in [2.45, 2.75) is 38.9 Å². The van der Waals surface area contributed by atoms with Gasteiger partial charge in [-0.2, -0.15) is 0 Å². The number of nitrogens with zero attached hydrogens (tertiary/aromatic N) is 3. The van der Waals surface area contributed by atoms with Crippen molar-refractivity contribution in [2.75, 3.05) is 26.7 Å². The quantitative estimate of drug-likeness (QED) is 0.293. The van der Waals surface area contributed by atoms with Gasteiger partial charge in [0.25, 0.3) is 0 Å². The molecule has 0 saturated carbocycles. The van der Waals surface area contributed by atoms with Crippen LogP contribution in [0.1, 0.15) is 31.0 Å². The second-order valence-electron chi connectivity index (χ2n) is 7.22. The zero-order valence-electron chi connectivity index (χ0n) is 17.7. The van der Waals surface area contributed by atoms with E-state index in [-0.39, 0.29) is 29.7 Å². The minimum Gasteiger partial charge on any atom is -0.504 e. The molecule has 0 amide bonds. The Morgan fingerprint density at radius 1 is 1.27 bits per heavy atom. The van der Waals surface area contributed by atoms with Crippen LogP contribution < -0.4 is 15.4 Å². The summed E-state index contributed by atoms with van der Waals surface area (Å²) in [4.78, 5) is 11.6. The van der Waals surface area contributed by atoms with E-state index in [0.29, 0.717) is 18.3 Å². The minimum absolute atomic E-state index is 0. The maximum absolute atomic E-state index is 9.94. The molecule has 7 nitrogen and oxygen atoms in total. The van der Waals surface area contributed by atoms with Gasteiger partial charge in [-0.1, -0.05) is 12.1 Å². The van der Waals surface area contributed by atoms with E-state index in [1.165, 1.54) is 0 Å². The molecule has 1 aliphatic heterocycles. The van der Waals surface area contributed by atoms with E-state index in [1.807, 2.05) is 24.4 Å². The highest BCUT2D eigenvalue weighted by Crippen LogP contribution is 2.26. The number of guanidine groups is 1. The third-order valence-corrected chi connectivity index (χ3v) is 5.05. The number of phenols is 1. The number of piperidine rings is 1. The molecule has 1 aliphatic rings. The average Bonchev–Trinajstić information content (AvgIpc) is 2.74. The molecule has 0 unspecified atom stereocenters. The average molecular weight is 525 g/mol. The highest BCUT2D eigenvalue weighted by Gasteiger charge is 2.20. The summed E-state index contributed by atoms with van der Waals surface area (Å²) in [6.45, 7) is 6.35. The molecule has 164 valence electrons. The van der Waals surface area contributed by atoms with Gasteiger partial charge in [0, 0.05) is 38.4 Å². The lowest BCUT2D eigenvalue weighted by molar-refractivity contribution is 0.196. The maximum atomic E-state index is 9.94. The molecule has 1 fully saturated rings. The minimum atomic E-state index is 0. The number of pyridine rings is 1. The fourth-order valence-corrected chi connectivity index (χ4v) is 3.47. The van der Waals surface area contributed by atoms with E-state index < -0.39 is 0 Å². The normalized spacial score (nSPS) is 15.3. The van der Waals surface area contributed by atoms with E-state index in [1.54, 1.807) is 19.2 Å². The fraction of sp³-hybridized carbons (Fsp3) is 0.455. The van der Waals surface area contributed by atoms with Crippen molar-refractivity contribution in [1.29, 1.82) is 0 Å². The smallest absolute Gasteiger partial charge is 0.191 e. The zero-order valence-corrected chi connectivity index (χ0v) is 20.0. The molecule has 1 aromatic carbocycles. The van der Waals surface area contributed by atoms with E-state index in [9.17, 15) is 5.11 Å². The van der Waals surface area contributed by atoms with Gasteiger partial charge in [-0.15, -0.1) is 24.0 Å². The summed E-state index contributed by atoms with van der Waals surface area (Å²) in [5.41, 5.74) is 2.06. The highest BCUT2D eigenvalue weighted by molar-refractivity contribution is 14.0. The number of benzene rings is 1. The van der Waals surface area contributed by atoms with Gasteiger partial charge in [0.2, 0.25) is 0 Å². The van der Waals surface area contributed by atoms with E-state index >= 15 is 0 Å². The summed E-state index contributed by atoms with van der Waals surface area (Å²) >= 11 is 0. The number of aromatic hydroxyl groups is 1. The molecule has 8 heteroatoms. The number of likely N-dealkylation sites (tertiary alicyclic amines) is 1. The second-order valence-corrected chi connectivity index (χ2v) is 7.22. The number of nitrogens with one attached hydrogen (secondary N) is 2. The lowest BCUT2D eigenvalue weighted by Gasteiger charge is -2.32. The maximum Gasteiger partial charge on any atom is 0.191 e. The Morgan fingerprint density at radius 2 is 2.07 bits per heavy atom. The molecule has 1 saturated heterocycles. The van der Waals surface area contributed by atoms with Crippen LogP contribution in [0.3, 0.4) is 0 Å². The Kier molecular flexibility index (Phi) is 10.2. The molecule has 30 heavy (non-hydrogen) atoms. The molecule has 1 aromatic heterocycles. The van der Waals surface area contributed by atoms with Crippen LogP contribution in [0.5, 0.6) is 11.5 Å². The SMILES string of the molecule is CCNC(=NCc1ccc(OC)c(O)c1)NC1CCN(Cc2ccccn2)CC1.I. The highest BCUT2D eigenvalue weighted by atomic mass is 127. The number of aromatic nitrogens is 1. The summed E-state index contributed by atoms with van der Waals surface area (Å²) in [5, 5.41) is 16.8. The monoisotopic (exact) mass is 525 g/mol. The van der Waals surface area contributed by atoms with Gasteiger partial charge < -0.3 is 20.5 Å². The van der Waals surface area contributed by atoms with Crippen LogP contribution in [0.25, 0.3) is 0 Å². The molecule has 0 aliphatic carbocycles. The van der Waals surface area contributed by atoms with Gasteiger partial charge in [0.05, 0.1) is 19.3 Å². The number of aliphatic imine (C=N–C) groups is 1. The van der Waals surface area contributed by atoms with Crippen LogP contribution in [0.15, 0.2) is 47.6 Å². The standard InChI is InChI=1S/C22H31N5O2.HI/c1-3-23-22(25-15-17-7-8-21(29-2)20(28)14-17)26-18-9-12-27(13-10-18)16-19-6-4-5-11-24-19;/h4-8,11,14,18,28H,3,9-10,12-13,15-16H2,1-2H3,(H2,23,25,26);1H. The first kappa shape index (κ1) is 24.2. The molecular formula is C22H32IN5O2. The van der Waals surface area contributed by atoms with Crippen molar-refractivity contribution in [3.05, 3.63) is 53.9 Å². The van der Waals surface area contributed by atoms with Crippen LogP contribution >= 0.6 is 24.0 Å². The van der Waals surface area contributed by atoms with E-state index in [2.05, 4.69) is 38.5 Å². The van der Waals surface area contributed by atoms with Crippen LogP contribution in [0, 0.1) is 0 Å². The van der Waals surface area contributed by atoms with Gasteiger partial charge in [0.1, 0.15) is 0 Å². The number of methoxy groups -OCH3 is 1. The lowest BCUT2D eigenvalue weighted by atomic mass is 10.0. The van der Waals surface area contributed by atoms with Crippen LogP contribution in [-0.2, 0) is 13.1 Å². The third-order valence-electron chi connectivity index (χ3n) is 5.05. The van der Waals surface area contributed by atoms with E-state index in [4.69, 9.17) is 4.74 Å². The van der Waals surface area contributed by atoms with Crippen LogP contribution in [0.4, 0.5) is 0 Å². The van der Waals surface area contributed by atoms with Crippen LogP contribution in [-0.4, -0.2) is 53.7 Å². The molecule has 3 N–H and O–H groups in total. The van der Waals surface area contributed by atoms with Crippen molar-refractivity contribution >= 4 is 29.9 Å². The Balaban J connectivity index is 0.00000320. The van der Waals surface area contributed by atoms with Crippen molar-refractivity contribution in [2.24, 2.45) is 4.99 Å². The number of ether oxygens (including phenoxy) is 1. The zero-order chi connectivity index (χ0) is 20.5. The number of phenolic OH excluding ortho intramolecular Hbond substituents is 1. The van der Waals surface area contributed by atoms with Gasteiger partial charge in [-0.25, -0.2) is 4.99 Å².